The minimum absolute atomic E-state index is 0.247. The maximum atomic E-state index is 13.0. The number of aliphatic imine (C=N–C) groups is 1. The van der Waals surface area contributed by atoms with Crippen LogP contribution in [0.3, 0.4) is 0 Å². The van der Waals surface area contributed by atoms with Crippen molar-refractivity contribution in [2.24, 2.45) is 10.9 Å². The van der Waals surface area contributed by atoms with Gasteiger partial charge in [-0.05, 0) is 49.1 Å². The molecule has 6 nitrogen and oxygen atoms in total. The van der Waals surface area contributed by atoms with E-state index in [2.05, 4.69) is 20.3 Å². The molecule has 1 N–H and O–H groups in total. The number of hydrogen-bond acceptors (Lipinski definition) is 3. The molecule has 0 spiro atoms. The van der Waals surface area contributed by atoms with Crippen LogP contribution in [0.25, 0.3) is 5.69 Å². The molecule has 1 saturated carbocycles. The molecular weight excluding hydrogens is 345 g/mol. The molecule has 1 aromatic heterocycles. The summed E-state index contributed by atoms with van der Waals surface area (Å²) in [4.78, 5) is 6.39. The number of likely N-dealkylation sites (N-methyl/N-ethyl adjacent to an activating group) is 1. The second-order valence-electron chi connectivity index (χ2n) is 6.89. The first-order valence-electron chi connectivity index (χ1n) is 9.45. The van der Waals surface area contributed by atoms with E-state index in [4.69, 9.17) is 4.74 Å². The van der Waals surface area contributed by atoms with E-state index in [-0.39, 0.29) is 5.82 Å². The van der Waals surface area contributed by atoms with Gasteiger partial charge in [-0.15, -0.1) is 0 Å². The second kappa shape index (κ2) is 9.50. The third-order valence-corrected chi connectivity index (χ3v) is 4.59. The summed E-state index contributed by atoms with van der Waals surface area (Å²) >= 11 is 0. The third-order valence-electron chi connectivity index (χ3n) is 4.59. The van der Waals surface area contributed by atoms with Gasteiger partial charge in [-0.2, -0.15) is 5.10 Å². The molecule has 146 valence electrons. The molecule has 3 rings (SSSR count). The summed E-state index contributed by atoms with van der Waals surface area (Å²) in [6, 6.07) is 8.28. The first-order valence-corrected chi connectivity index (χ1v) is 9.45. The van der Waals surface area contributed by atoms with Crippen molar-refractivity contribution in [3.63, 3.8) is 0 Å². The van der Waals surface area contributed by atoms with Gasteiger partial charge in [0.2, 0.25) is 0 Å². The quantitative estimate of drug-likeness (QED) is 0.417. The van der Waals surface area contributed by atoms with Crippen molar-refractivity contribution in [1.29, 1.82) is 0 Å². The maximum Gasteiger partial charge on any atom is 0.193 e. The number of halogens is 1. The SMILES string of the molecule is CN=C(NCCc1ccn(-c2ccc(F)cc2)n1)N(C)CCOCC1CC1. The molecule has 7 heteroatoms. The van der Waals surface area contributed by atoms with Gasteiger partial charge in [0, 0.05) is 46.4 Å². The summed E-state index contributed by atoms with van der Waals surface area (Å²) in [5, 5.41) is 7.90. The first kappa shape index (κ1) is 19.4. The van der Waals surface area contributed by atoms with Gasteiger partial charge in [0.1, 0.15) is 5.82 Å². The average molecular weight is 373 g/mol. The van der Waals surface area contributed by atoms with Gasteiger partial charge < -0.3 is 15.0 Å². The van der Waals surface area contributed by atoms with Crippen LogP contribution in [0.4, 0.5) is 4.39 Å². The van der Waals surface area contributed by atoms with Crippen molar-refractivity contribution in [1.82, 2.24) is 20.0 Å². The van der Waals surface area contributed by atoms with E-state index in [1.807, 2.05) is 19.3 Å². The molecule has 0 aliphatic heterocycles. The largest absolute Gasteiger partial charge is 0.379 e. The van der Waals surface area contributed by atoms with E-state index in [0.717, 1.165) is 56.0 Å². The highest BCUT2D eigenvalue weighted by Gasteiger charge is 2.21. The van der Waals surface area contributed by atoms with Crippen LogP contribution in [0.5, 0.6) is 0 Å². The summed E-state index contributed by atoms with van der Waals surface area (Å²) in [6.07, 6.45) is 5.30. The standard InChI is InChI=1S/C20H28FN5O/c1-22-20(25(2)13-14-27-15-16-3-4-16)23-11-9-18-10-12-26(24-18)19-7-5-17(21)6-8-19/h5-8,10,12,16H,3-4,9,11,13-15H2,1-2H3,(H,22,23). The van der Waals surface area contributed by atoms with E-state index in [1.54, 1.807) is 23.9 Å². The Bertz CT molecular complexity index is 739. The van der Waals surface area contributed by atoms with Crippen molar-refractivity contribution >= 4 is 5.96 Å². The van der Waals surface area contributed by atoms with Crippen LogP contribution in [0, 0.1) is 11.7 Å². The second-order valence-corrected chi connectivity index (χ2v) is 6.89. The Hall–Kier alpha value is -2.41. The predicted molar refractivity (Wildman–Crippen MR) is 105 cm³/mol. The van der Waals surface area contributed by atoms with Crippen molar-refractivity contribution in [2.75, 3.05) is 40.4 Å². The summed E-state index contributed by atoms with van der Waals surface area (Å²) in [5.74, 6) is 1.40. The van der Waals surface area contributed by atoms with Crippen molar-refractivity contribution in [3.05, 3.63) is 48.0 Å². The summed E-state index contributed by atoms with van der Waals surface area (Å²) in [5.41, 5.74) is 1.81. The van der Waals surface area contributed by atoms with Gasteiger partial charge in [-0.1, -0.05) is 0 Å². The molecule has 1 aromatic carbocycles. The number of hydrogen-bond donors (Lipinski definition) is 1. The molecule has 1 aliphatic rings. The molecule has 0 saturated heterocycles. The fourth-order valence-electron chi connectivity index (χ4n) is 2.76. The van der Waals surface area contributed by atoms with Gasteiger partial charge in [0.05, 0.1) is 18.0 Å². The zero-order valence-electron chi connectivity index (χ0n) is 16.1. The molecular formula is C20H28FN5O. The Kier molecular flexibility index (Phi) is 6.81. The Morgan fingerprint density at radius 3 is 2.81 bits per heavy atom. The molecule has 2 aromatic rings. The molecule has 1 fully saturated rings. The Morgan fingerprint density at radius 1 is 1.33 bits per heavy atom. The molecule has 0 bridgehead atoms. The van der Waals surface area contributed by atoms with Crippen molar-refractivity contribution in [2.45, 2.75) is 19.3 Å². The van der Waals surface area contributed by atoms with E-state index >= 15 is 0 Å². The number of benzene rings is 1. The minimum Gasteiger partial charge on any atom is -0.379 e. The summed E-state index contributed by atoms with van der Waals surface area (Å²) < 4.78 is 20.5. The molecule has 1 aliphatic carbocycles. The highest BCUT2D eigenvalue weighted by molar-refractivity contribution is 5.79. The molecule has 0 radical (unpaired) electrons. The van der Waals surface area contributed by atoms with Crippen LogP contribution in [-0.4, -0.2) is 61.0 Å². The van der Waals surface area contributed by atoms with Crippen LogP contribution >= 0.6 is 0 Å². The third kappa shape index (κ3) is 6.06. The Morgan fingerprint density at radius 2 is 2.11 bits per heavy atom. The van der Waals surface area contributed by atoms with E-state index in [1.165, 1.54) is 25.0 Å². The van der Waals surface area contributed by atoms with Gasteiger partial charge in [0.25, 0.3) is 0 Å². The van der Waals surface area contributed by atoms with E-state index in [0.29, 0.717) is 0 Å². The van der Waals surface area contributed by atoms with Crippen LogP contribution in [-0.2, 0) is 11.2 Å². The monoisotopic (exact) mass is 373 g/mol. The fourth-order valence-corrected chi connectivity index (χ4v) is 2.76. The molecule has 0 unspecified atom stereocenters. The van der Waals surface area contributed by atoms with E-state index < -0.39 is 0 Å². The zero-order chi connectivity index (χ0) is 19.1. The molecule has 1 heterocycles. The lowest BCUT2D eigenvalue weighted by Gasteiger charge is -2.21. The number of nitrogens with one attached hydrogen (secondary N) is 1. The highest BCUT2D eigenvalue weighted by Crippen LogP contribution is 2.28. The van der Waals surface area contributed by atoms with E-state index in [9.17, 15) is 4.39 Å². The lowest BCUT2D eigenvalue weighted by Crippen LogP contribution is -2.41. The zero-order valence-corrected chi connectivity index (χ0v) is 16.1. The normalized spacial score (nSPS) is 14.4. The highest BCUT2D eigenvalue weighted by atomic mass is 19.1. The topological polar surface area (TPSA) is 54.7 Å². The molecule has 27 heavy (non-hydrogen) atoms. The van der Waals surface area contributed by atoms with Crippen molar-refractivity contribution in [3.8, 4) is 5.69 Å². The first-order chi connectivity index (χ1) is 13.2. The average Bonchev–Trinajstić information content (AvgIpc) is 3.39. The maximum absolute atomic E-state index is 13.0. The number of nitrogens with zero attached hydrogens (tertiary/aromatic N) is 4. The lowest BCUT2D eigenvalue weighted by atomic mass is 10.3. The van der Waals surface area contributed by atoms with Crippen molar-refractivity contribution < 1.29 is 9.13 Å². The number of guanidine groups is 1. The molecule has 0 atom stereocenters. The summed E-state index contributed by atoms with van der Waals surface area (Å²) in [6.45, 7) is 3.15. The van der Waals surface area contributed by atoms with Gasteiger partial charge in [0.15, 0.2) is 5.96 Å². The number of rotatable bonds is 9. The lowest BCUT2D eigenvalue weighted by molar-refractivity contribution is 0.115. The molecule has 0 amide bonds. The predicted octanol–water partition coefficient (Wildman–Crippen LogP) is 2.49. The Balaban J connectivity index is 1.40. The summed E-state index contributed by atoms with van der Waals surface area (Å²) in [7, 11) is 3.80. The Labute approximate surface area is 160 Å². The van der Waals surface area contributed by atoms with Crippen LogP contribution in [0.1, 0.15) is 18.5 Å². The number of ether oxygens (including phenoxy) is 1. The van der Waals surface area contributed by atoms with Gasteiger partial charge >= 0.3 is 0 Å². The smallest absolute Gasteiger partial charge is 0.193 e. The van der Waals surface area contributed by atoms with Gasteiger partial charge in [-0.3, -0.25) is 4.99 Å². The van der Waals surface area contributed by atoms with Crippen LogP contribution < -0.4 is 5.32 Å². The van der Waals surface area contributed by atoms with Crippen LogP contribution in [0.15, 0.2) is 41.5 Å². The number of aromatic nitrogens is 2. The van der Waals surface area contributed by atoms with Crippen LogP contribution in [0.2, 0.25) is 0 Å². The fraction of sp³-hybridized carbons (Fsp3) is 0.500. The minimum atomic E-state index is -0.247. The van der Waals surface area contributed by atoms with Gasteiger partial charge in [-0.25, -0.2) is 9.07 Å².